The summed E-state index contributed by atoms with van der Waals surface area (Å²) in [7, 11) is 0. The molecule has 0 aromatic heterocycles. The third kappa shape index (κ3) is 3.32. The van der Waals surface area contributed by atoms with E-state index in [1.165, 1.54) is 56.9 Å². The van der Waals surface area contributed by atoms with E-state index in [-0.39, 0.29) is 0 Å². The topological polar surface area (TPSA) is 9.23 Å². The fourth-order valence-electron chi connectivity index (χ4n) is 3.58. The molecular formula is C18H28O. The quantitative estimate of drug-likeness (QED) is 0.658. The maximum Gasteiger partial charge on any atom is 0.123 e. The smallest absolute Gasteiger partial charge is 0.123 e. The molecule has 0 unspecified atom stereocenters. The Morgan fingerprint density at radius 1 is 1.05 bits per heavy atom. The number of ether oxygens (including phenoxy) is 1. The van der Waals surface area contributed by atoms with Crippen LogP contribution in [0.2, 0.25) is 0 Å². The van der Waals surface area contributed by atoms with Crippen molar-refractivity contribution in [3.63, 3.8) is 0 Å². The Morgan fingerprint density at radius 2 is 1.79 bits per heavy atom. The maximum atomic E-state index is 5.90. The summed E-state index contributed by atoms with van der Waals surface area (Å²) in [5.41, 5.74) is 1.87. The monoisotopic (exact) mass is 260 g/mol. The molecule has 1 aliphatic rings. The van der Waals surface area contributed by atoms with Crippen LogP contribution in [0.15, 0.2) is 24.3 Å². The second-order valence-electron chi connectivity index (χ2n) is 5.87. The van der Waals surface area contributed by atoms with Crippen LogP contribution in [0.25, 0.3) is 0 Å². The highest BCUT2D eigenvalue weighted by Gasteiger charge is 2.35. The van der Waals surface area contributed by atoms with Crippen molar-refractivity contribution in [2.45, 2.75) is 70.6 Å². The van der Waals surface area contributed by atoms with Gasteiger partial charge < -0.3 is 4.74 Å². The number of para-hydroxylation sites is 1. The first-order chi connectivity index (χ1) is 9.32. The lowest BCUT2D eigenvalue weighted by Crippen LogP contribution is -2.29. The van der Waals surface area contributed by atoms with Crippen molar-refractivity contribution in [3.05, 3.63) is 29.8 Å². The molecule has 0 spiro atoms. The molecule has 0 saturated heterocycles. The summed E-state index contributed by atoms with van der Waals surface area (Å²) in [6, 6.07) is 8.75. The zero-order chi connectivity index (χ0) is 13.6. The minimum atomic E-state index is 0.389. The van der Waals surface area contributed by atoms with E-state index in [1.807, 2.05) is 0 Å². The molecule has 1 saturated carbocycles. The van der Waals surface area contributed by atoms with Crippen LogP contribution < -0.4 is 4.74 Å². The first kappa shape index (κ1) is 14.4. The highest BCUT2D eigenvalue weighted by atomic mass is 16.5. The Balaban J connectivity index is 2.31. The molecule has 19 heavy (non-hydrogen) atoms. The average Bonchev–Trinajstić information content (AvgIpc) is 2.47. The van der Waals surface area contributed by atoms with Gasteiger partial charge in [0.05, 0.1) is 6.61 Å². The summed E-state index contributed by atoms with van der Waals surface area (Å²) in [5, 5.41) is 0. The number of rotatable bonds is 6. The van der Waals surface area contributed by atoms with E-state index >= 15 is 0 Å². The number of hydrogen-bond acceptors (Lipinski definition) is 1. The van der Waals surface area contributed by atoms with Crippen LogP contribution in [0.4, 0.5) is 0 Å². The van der Waals surface area contributed by atoms with Crippen molar-refractivity contribution in [1.82, 2.24) is 0 Å². The lowest BCUT2D eigenvalue weighted by molar-refractivity contribution is 0.251. The van der Waals surface area contributed by atoms with Crippen molar-refractivity contribution in [2.75, 3.05) is 6.61 Å². The second kappa shape index (κ2) is 6.98. The lowest BCUT2D eigenvalue weighted by Gasteiger charge is -2.39. The molecule has 0 bridgehead atoms. The van der Waals surface area contributed by atoms with Gasteiger partial charge in [0, 0.05) is 5.56 Å². The first-order valence-corrected chi connectivity index (χ1v) is 8.05. The highest BCUT2D eigenvalue weighted by molar-refractivity contribution is 5.40. The Kier molecular flexibility index (Phi) is 5.30. The van der Waals surface area contributed by atoms with E-state index in [4.69, 9.17) is 4.74 Å². The van der Waals surface area contributed by atoms with Gasteiger partial charge >= 0.3 is 0 Å². The Labute approximate surface area is 118 Å². The molecule has 106 valence electrons. The van der Waals surface area contributed by atoms with Gasteiger partial charge in [-0.25, -0.2) is 0 Å². The molecule has 1 aliphatic carbocycles. The van der Waals surface area contributed by atoms with Gasteiger partial charge in [-0.05, 0) is 37.7 Å². The van der Waals surface area contributed by atoms with Gasteiger partial charge in [-0.2, -0.15) is 0 Å². The molecule has 1 aromatic carbocycles. The van der Waals surface area contributed by atoms with Crippen LogP contribution in [-0.4, -0.2) is 6.61 Å². The predicted molar refractivity (Wildman–Crippen MR) is 81.9 cm³/mol. The molecule has 0 N–H and O–H groups in total. The summed E-state index contributed by atoms with van der Waals surface area (Å²) in [5.74, 6) is 1.13. The molecule has 0 amide bonds. The summed E-state index contributed by atoms with van der Waals surface area (Å²) in [6.07, 6.45) is 10.8. The van der Waals surface area contributed by atoms with Gasteiger partial charge in [-0.15, -0.1) is 0 Å². The third-order valence-electron chi connectivity index (χ3n) is 4.58. The summed E-state index contributed by atoms with van der Waals surface area (Å²) < 4.78 is 5.90. The summed E-state index contributed by atoms with van der Waals surface area (Å²) in [6.45, 7) is 5.14. The summed E-state index contributed by atoms with van der Waals surface area (Å²) >= 11 is 0. The van der Waals surface area contributed by atoms with Crippen LogP contribution in [0, 0.1) is 0 Å². The maximum absolute atomic E-state index is 5.90. The Bertz CT molecular complexity index is 377. The van der Waals surface area contributed by atoms with Crippen LogP contribution in [-0.2, 0) is 5.41 Å². The normalized spacial score (nSPS) is 18.2. The predicted octanol–water partition coefficient (Wildman–Crippen LogP) is 5.48. The standard InChI is InChI=1S/C18H28O/c1-3-5-13-18(14-9-6-10-15-18)16-11-7-8-12-17(16)19-4-2/h7-8,11-12H,3-6,9-10,13-15H2,1-2H3. The van der Waals surface area contributed by atoms with Crippen LogP contribution in [0.5, 0.6) is 5.75 Å². The molecule has 1 fully saturated rings. The van der Waals surface area contributed by atoms with Gasteiger partial charge in [0.2, 0.25) is 0 Å². The van der Waals surface area contributed by atoms with Crippen molar-refractivity contribution in [3.8, 4) is 5.75 Å². The number of benzene rings is 1. The van der Waals surface area contributed by atoms with E-state index in [1.54, 1.807) is 0 Å². The summed E-state index contributed by atoms with van der Waals surface area (Å²) in [4.78, 5) is 0. The van der Waals surface area contributed by atoms with Crippen LogP contribution in [0.1, 0.15) is 70.8 Å². The molecule has 0 heterocycles. The van der Waals surface area contributed by atoms with Crippen LogP contribution >= 0.6 is 0 Å². The largest absolute Gasteiger partial charge is 0.494 e. The van der Waals surface area contributed by atoms with Crippen molar-refractivity contribution in [2.24, 2.45) is 0 Å². The molecule has 2 rings (SSSR count). The SMILES string of the molecule is CCCCC1(c2ccccc2OCC)CCCCC1. The zero-order valence-electron chi connectivity index (χ0n) is 12.6. The highest BCUT2D eigenvalue weighted by Crippen LogP contribution is 2.46. The fraction of sp³-hybridized carbons (Fsp3) is 0.667. The lowest BCUT2D eigenvalue weighted by atomic mass is 9.66. The van der Waals surface area contributed by atoms with Gasteiger partial charge in [-0.3, -0.25) is 0 Å². The molecule has 1 heteroatoms. The first-order valence-electron chi connectivity index (χ1n) is 8.05. The average molecular weight is 260 g/mol. The minimum absolute atomic E-state index is 0.389. The molecule has 0 atom stereocenters. The Hall–Kier alpha value is -0.980. The van der Waals surface area contributed by atoms with Gasteiger partial charge in [-0.1, -0.05) is 57.2 Å². The third-order valence-corrected chi connectivity index (χ3v) is 4.58. The van der Waals surface area contributed by atoms with Crippen molar-refractivity contribution >= 4 is 0 Å². The zero-order valence-corrected chi connectivity index (χ0v) is 12.6. The second-order valence-corrected chi connectivity index (χ2v) is 5.87. The van der Waals surface area contributed by atoms with Gasteiger partial charge in [0.15, 0.2) is 0 Å². The van der Waals surface area contributed by atoms with Gasteiger partial charge in [0.1, 0.15) is 5.75 Å². The molecular weight excluding hydrogens is 232 g/mol. The van der Waals surface area contributed by atoms with Crippen molar-refractivity contribution < 1.29 is 4.74 Å². The molecule has 1 nitrogen and oxygen atoms in total. The van der Waals surface area contributed by atoms with Crippen LogP contribution in [0.3, 0.4) is 0 Å². The van der Waals surface area contributed by atoms with E-state index in [0.717, 1.165) is 12.4 Å². The van der Waals surface area contributed by atoms with E-state index < -0.39 is 0 Å². The Morgan fingerprint density at radius 3 is 2.47 bits per heavy atom. The van der Waals surface area contributed by atoms with E-state index in [0.29, 0.717) is 5.41 Å². The van der Waals surface area contributed by atoms with E-state index in [9.17, 15) is 0 Å². The molecule has 0 aliphatic heterocycles. The number of unbranched alkanes of at least 4 members (excludes halogenated alkanes) is 1. The van der Waals surface area contributed by atoms with E-state index in [2.05, 4.69) is 38.1 Å². The minimum Gasteiger partial charge on any atom is -0.494 e. The molecule has 1 aromatic rings. The van der Waals surface area contributed by atoms with Gasteiger partial charge in [0.25, 0.3) is 0 Å². The van der Waals surface area contributed by atoms with Crippen molar-refractivity contribution in [1.29, 1.82) is 0 Å². The molecule has 0 radical (unpaired) electrons. The fourth-order valence-corrected chi connectivity index (χ4v) is 3.58. The number of hydrogen-bond donors (Lipinski definition) is 0.